The Kier molecular flexibility index (Phi) is 4.72. The molecule has 21 heavy (non-hydrogen) atoms. The van der Waals surface area contributed by atoms with E-state index in [1.165, 1.54) is 6.07 Å². The maximum atomic E-state index is 13.3. The van der Waals surface area contributed by atoms with E-state index in [0.29, 0.717) is 21.9 Å². The van der Waals surface area contributed by atoms with E-state index in [4.69, 9.17) is 16.3 Å². The van der Waals surface area contributed by atoms with Gasteiger partial charge in [-0.05, 0) is 29.8 Å². The van der Waals surface area contributed by atoms with Crippen molar-refractivity contribution in [3.8, 4) is 5.75 Å². The standard InChI is InChI=1S/C14H11ClFNO4/c15-11-1-2-14(10(5-11)7-18)21-8-9-3-12(16)6-13(4-9)17(19)20/h1-6,18H,7-8H2. The minimum Gasteiger partial charge on any atom is -0.489 e. The molecule has 5 nitrogen and oxygen atoms in total. The summed E-state index contributed by atoms with van der Waals surface area (Å²) in [6, 6.07) is 7.93. The van der Waals surface area contributed by atoms with Gasteiger partial charge in [0.1, 0.15) is 18.2 Å². The zero-order chi connectivity index (χ0) is 15.4. The van der Waals surface area contributed by atoms with Gasteiger partial charge in [0.15, 0.2) is 0 Å². The van der Waals surface area contributed by atoms with E-state index in [1.807, 2.05) is 0 Å². The molecular weight excluding hydrogens is 301 g/mol. The lowest BCUT2D eigenvalue weighted by Crippen LogP contribution is -2.00. The number of nitrogens with zero attached hydrogens (tertiary/aromatic N) is 1. The number of rotatable bonds is 5. The zero-order valence-electron chi connectivity index (χ0n) is 10.8. The van der Waals surface area contributed by atoms with Crippen molar-refractivity contribution >= 4 is 17.3 Å². The first-order valence-corrected chi connectivity index (χ1v) is 6.33. The molecule has 2 aromatic rings. The van der Waals surface area contributed by atoms with Gasteiger partial charge >= 0.3 is 0 Å². The minimum absolute atomic E-state index is 0.0623. The molecule has 0 bridgehead atoms. The third-order valence-electron chi connectivity index (χ3n) is 2.74. The second-order valence-electron chi connectivity index (χ2n) is 4.27. The monoisotopic (exact) mass is 311 g/mol. The average molecular weight is 312 g/mol. The lowest BCUT2D eigenvalue weighted by atomic mass is 10.2. The molecule has 0 unspecified atom stereocenters. The number of hydrogen-bond donors (Lipinski definition) is 1. The Balaban J connectivity index is 2.18. The third-order valence-corrected chi connectivity index (χ3v) is 2.98. The summed E-state index contributed by atoms with van der Waals surface area (Å²) in [6.07, 6.45) is 0. The summed E-state index contributed by atoms with van der Waals surface area (Å²) in [5, 5.41) is 20.3. The van der Waals surface area contributed by atoms with Crippen LogP contribution in [-0.4, -0.2) is 10.0 Å². The van der Waals surface area contributed by atoms with Gasteiger partial charge in [-0.25, -0.2) is 4.39 Å². The Bertz CT molecular complexity index is 678. The quantitative estimate of drug-likeness (QED) is 0.678. The molecule has 0 saturated carbocycles. The van der Waals surface area contributed by atoms with Gasteiger partial charge in [0, 0.05) is 16.7 Å². The van der Waals surface area contributed by atoms with E-state index < -0.39 is 10.7 Å². The second kappa shape index (κ2) is 6.51. The van der Waals surface area contributed by atoms with Crippen LogP contribution in [0.3, 0.4) is 0 Å². The van der Waals surface area contributed by atoms with Crippen molar-refractivity contribution in [2.24, 2.45) is 0 Å². The number of benzene rings is 2. The SMILES string of the molecule is O=[N+]([O-])c1cc(F)cc(COc2ccc(Cl)cc2CO)c1. The molecule has 7 heteroatoms. The summed E-state index contributed by atoms with van der Waals surface area (Å²) in [4.78, 5) is 10.00. The third kappa shape index (κ3) is 3.90. The zero-order valence-corrected chi connectivity index (χ0v) is 11.5. The largest absolute Gasteiger partial charge is 0.489 e. The van der Waals surface area contributed by atoms with Gasteiger partial charge in [-0.2, -0.15) is 0 Å². The van der Waals surface area contributed by atoms with Crippen LogP contribution in [0.5, 0.6) is 5.75 Å². The summed E-state index contributed by atoms with van der Waals surface area (Å²) in [5.41, 5.74) is 0.459. The number of halogens is 2. The normalized spacial score (nSPS) is 10.4. The molecule has 0 aliphatic carbocycles. The van der Waals surface area contributed by atoms with E-state index in [9.17, 15) is 19.6 Å². The fourth-order valence-corrected chi connectivity index (χ4v) is 1.99. The van der Waals surface area contributed by atoms with E-state index in [1.54, 1.807) is 18.2 Å². The highest BCUT2D eigenvalue weighted by Crippen LogP contribution is 2.24. The molecule has 0 atom stereocenters. The van der Waals surface area contributed by atoms with E-state index in [0.717, 1.165) is 12.1 Å². The number of aliphatic hydroxyl groups excluding tert-OH is 1. The van der Waals surface area contributed by atoms with Crippen molar-refractivity contribution in [3.05, 3.63) is 68.5 Å². The Labute approximate surface area is 124 Å². The molecule has 1 N–H and O–H groups in total. The fraction of sp³-hybridized carbons (Fsp3) is 0.143. The van der Waals surface area contributed by atoms with Gasteiger partial charge in [-0.1, -0.05) is 11.6 Å². The van der Waals surface area contributed by atoms with Gasteiger partial charge in [0.05, 0.1) is 17.6 Å². The molecule has 0 amide bonds. The van der Waals surface area contributed by atoms with Gasteiger partial charge in [0.25, 0.3) is 5.69 Å². The Morgan fingerprint density at radius 2 is 2.05 bits per heavy atom. The van der Waals surface area contributed by atoms with Crippen LogP contribution < -0.4 is 4.74 Å². The van der Waals surface area contributed by atoms with Crippen LogP contribution in [0.4, 0.5) is 10.1 Å². The molecule has 0 aliphatic rings. The highest BCUT2D eigenvalue weighted by Gasteiger charge is 2.11. The van der Waals surface area contributed by atoms with Crippen LogP contribution in [-0.2, 0) is 13.2 Å². The van der Waals surface area contributed by atoms with Gasteiger partial charge in [0.2, 0.25) is 0 Å². The van der Waals surface area contributed by atoms with E-state index in [2.05, 4.69) is 0 Å². The molecule has 0 aliphatic heterocycles. The molecule has 110 valence electrons. The lowest BCUT2D eigenvalue weighted by molar-refractivity contribution is -0.385. The molecule has 0 spiro atoms. The molecule has 2 aromatic carbocycles. The maximum Gasteiger partial charge on any atom is 0.272 e. The number of aliphatic hydroxyl groups is 1. The van der Waals surface area contributed by atoms with Crippen LogP contribution in [0.15, 0.2) is 36.4 Å². The highest BCUT2D eigenvalue weighted by atomic mass is 35.5. The number of nitro groups is 1. The average Bonchev–Trinajstić information content (AvgIpc) is 2.45. The highest BCUT2D eigenvalue weighted by molar-refractivity contribution is 6.30. The van der Waals surface area contributed by atoms with Gasteiger partial charge in [-0.15, -0.1) is 0 Å². The van der Waals surface area contributed by atoms with E-state index in [-0.39, 0.29) is 18.9 Å². The van der Waals surface area contributed by atoms with Crippen molar-refractivity contribution in [3.63, 3.8) is 0 Å². The molecule has 2 rings (SSSR count). The van der Waals surface area contributed by atoms with E-state index >= 15 is 0 Å². The molecule has 0 radical (unpaired) electrons. The summed E-state index contributed by atoms with van der Waals surface area (Å²) in [5.74, 6) is -0.324. The summed E-state index contributed by atoms with van der Waals surface area (Å²) in [7, 11) is 0. The van der Waals surface area contributed by atoms with Gasteiger partial charge in [-0.3, -0.25) is 10.1 Å². The number of non-ortho nitro benzene ring substituents is 1. The van der Waals surface area contributed by atoms with Crippen molar-refractivity contribution in [1.29, 1.82) is 0 Å². The Morgan fingerprint density at radius 3 is 2.71 bits per heavy atom. The van der Waals surface area contributed by atoms with Crippen LogP contribution in [0, 0.1) is 15.9 Å². The second-order valence-corrected chi connectivity index (χ2v) is 4.71. The van der Waals surface area contributed by atoms with Crippen LogP contribution in [0.2, 0.25) is 5.02 Å². The number of nitro benzene ring substituents is 1. The predicted molar refractivity (Wildman–Crippen MR) is 74.8 cm³/mol. The van der Waals surface area contributed by atoms with Crippen LogP contribution >= 0.6 is 11.6 Å². The Hall–Kier alpha value is -2.18. The summed E-state index contributed by atoms with van der Waals surface area (Å²) >= 11 is 5.80. The lowest BCUT2D eigenvalue weighted by Gasteiger charge is -2.10. The van der Waals surface area contributed by atoms with Crippen molar-refractivity contribution in [1.82, 2.24) is 0 Å². The summed E-state index contributed by atoms with van der Waals surface area (Å²) < 4.78 is 18.7. The van der Waals surface area contributed by atoms with Crippen molar-refractivity contribution in [2.45, 2.75) is 13.2 Å². The molecule has 0 saturated heterocycles. The van der Waals surface area contributed by atoms with Gasteiger partial charge < -0.3 is 9.84 Å². The Morgan fingerprint density at radius 1 is 1.29 bits per heavy atom. The molecule has 0 aromatic heterocycles. The first-order chi connectivity index (χ1) is 9.99. The summed E-state index contributed by atoms with van der Waals surface area (Å²) in [6.45, 7) is -0.327. The first kappa shape index (κ1) is 15.2. The predicted octanol–water partition coefficient (Wildman–Crippen LogP) is 3.46. The fourth-order valence-electron chi connectivity index (χ4n) is 1.80. The maximum absolute atomic E-state index is 13.3. The molecule has 0 heterocycles. The number of hydrogen-bond acceptors (Lipinski definition) is 4. The topological polar surface area (TPSA) is 72.6 Å². The minimum atomic E-state index is -0.707. The number of ether oxygens (including phenoxy) is 1. The van der Waals surface area contributed by atoms with Crippen LogP contribution in [0.25, 0.3) is 0 Å². The smallest absolute Gasteiger partial charge is 0.272 e. The molecular formula is C14H11ClFNO4. The van der Waals surface area contributed by atoms with Crippen molar-refractivity contribution in [2.75, 3.05) is 0 Å². The molecule has 0 fully saturated rings. The van der Waals surface area contributed by atoms with Crippen LogP contribution in [0.1, 0.15) is 11.1 Å². The first-order valence-electron chi connectivity index (χ1n) is 5.95. The van der Waals surface area contributed by atoms with Crippen molar-refractivity contribution < 1.29 is 19.2 Å².